The predicted molar refractivity (Wildman–Crippen MR) is 103 cm³/mol. The van der Waals surface area contributed by atoms with Gasteiger partial charge in [0.15, 0.2) is 0 Å². The molecule has 0 unspecified atom stereocenters. The van der Waals surface area contributed by atoms with Crippen LogP contribution in [0.1, 0.15) is 16.8 Å². The lowest BCUT2D eigenvalue weighted by Gasteiger charge is -2.13. The highest BCUT2D eigenvalue weighted by Crippen LogP contribution is 2.21. The summed E-state index contributed by atoms with van der Waals surface area (Å²) in [7, 11) is 4.10. The van der Waals surface area contributed by atoms with Crippen molar-refractivity contribution < 1.29 is 0 Å². The van der Waals surface area contributed by atoms with Crippen LogP contribution in [0.3, 0.4) is 0 Å². The lowest BCUT2D eigenvalue weighted by molar-refractivity contribution is 1.06. The van der Waals surface area contributed by atoms with Gasteiger partial charge < -0.3 is 9.47 Å². The predicted octanol–water partition coefficient (Wildman–Crippen LogP) is 4.91. The minimum atomic E-state index is 1.01. The number of rotatable bonds is 4. The van der Waals surface area contributed by atoms with Crippen molar-refractivity contribution >= 4 is 17.6 Å². The average molecular weight is 317 g/mol. The van der Waals surface area contributed by atoms with Crippen LogP contribution in [-0.4, -0.2) is 24.9 Å². The van der Waals surface area contributed by atoms with E-state index in [0.29, 0.717) is 0 Å². The molecule has 0 amide bonds. The van der Waals surface area contributed by atoms with Crippen molar-refractivity contribution in [3.05, 3.63) is 77.6 Å². The first-order chi connectivity index (χ1) is 11.5. The number of nitrogens with zero attached hydrogens (tertiary/aromatic N) is 3. The molecule has 3 aromatic rings. The smallest absolute Gasteiger partial charge is 0.0659 e. The summed E-state index contributed by atoms with van der Waals surface area (Å²) in [6, 6.07) is 19.0. The molecule has 0 radical (unpaired) electrons. The Hall–Kier alpha value is -2.81. The number of hydrogen-bond acceptors (Lipinski definition) is 2. The summed E-state index contributed by atoms with van der Waals surface area (Å²) < 4.78 is 2.15. The summed E-state index contributed by atoms with van der Waals surface area (Å²) in [6.45, 7) is 4.20. The molecule has 0 bridgehead atoms. The number of aromatic nitrogens is 1. The maximum Gasteiger partial charge on any atom is 0.0659 e. The Balaban J connectivity index is 1.88. The van der Waals surface area contributed by atoms with Gasteiger partial charge in [-0.05, 0) is 61.9 Å². The lowest BCUT2D eigenvalue weighted by Crippen LogP contribution is -2.08. The maximum absolute atomic E-state index is 4.67. The zero-order chi connectivity index (χ0) is 17.1. The number of aliphatic imine (C=N–C) groups is 1. The van der Waals surface area contributed by atoms with Crippen LogP contribution >= 0.6 is 0 Å². The molecule has 0 aliphatic heterocycles. The molecule has 1 heterocycles. The van der Waals surface area contributed by atoms with Gasteiger partial charge in [0, 0.05) is 31.7 Å². The number of anilines is 1. The molecule has 2 aromatic carbocycles. The Kier molecular flexibility index (Phi) is 4.52. The van der Waals surface area contributed by atoms with E-state index in [9.17, 15) is 0 Å². The molecule has 3 rings (SSSR count). The Morgan fingerprint density at radius 2 is 1.71 bits per heavy atom. The zero-order valence-corrected chi connectivity index (χ0v) is 14.7. The van der Waals surface area contributed by atoms with Crippen LogP contribution in [0.15, 0.2) is 65.8 Å². The number of hydrogen-bond donors (Lipinski definition) is 0. The number of aryl methyl sites for hydroxylation is 2. The van der Waals surface area contributed by atoms with Crippen LogP contribution in [0.5, 0.6) is 0 Å². The molecule has 0 aliphatic carbocycles. The largest absolute Gasteiger partial charge is 0.378 e. The normalized spacial score (nSPS) is 11.2. The summed E-state index contributed by atoms with van der Waals surface area (Å²) >= 11 is 0. The van der Waals surface area contributed by atoms with Crippen molar-refractivity contribution in [2.75, 3.05) is 19.0 Å². The maximum atomic E-state index is 4.67. The van der Waals surface area contributed by atoms with Crippen molar-refractivity contribution in [1.82, 2.24) is 4.57 Å². The molecule has 3 nitrogen and oxygen atoms in total. The first-order valence-corrected chi connectivity index (χ1v) is 8.11. The Labute approximate surface area is 143 Å². The van der Waals surface area contributed by atoms with E-state index in [1.807, 2.05) is 26.4 Å². The fourth-order valence-electron chi connectivity index (χ4n) is 2.73. The van der Waals surface area contributed by atoms with Crippen LogP contribution in [0, 0.1) is 13.8 Å². The van der Waals surface area contributed by atoms with Gasteiger partial charge in [0.05, 0.1) is 17.6 Å². The monoisotopic (exact) mass is 317 g/mol. The molecule has 3 heteroatoms. The SMILES string of the molecule is Cc1ccc(N=Cc2cccn2-c2ccc(N(C)C)cc2)c(C)c1. The summed E-state index contributed by atoms with van der Waals surface area (Å²) in [5, 5.41) is 0. The van der Waals surface area contributed by atoms with Crippen molar-refractivity contribution in [3.8, 4) is 5.69 Å². The van der Waals surface area contributed by atoms with Gasteiger partial charge in [0.25, 0.3) is 0 Å². The summed E-state index contributed by atoms with van der Waals surface area (Å²) in [5.74, 6) is 0. The number of benzene rings is 2. The Morgan fingerprint density at radius 3 is 2.38 bits per heavy atom. The van der Waals surface area contributed by atoms with Gasteiger partial charge in [-0.1, -0.05) is 17.7 Å². The highest BCUT2D eigenvalue weighted by Gasteiger charge is 2.03. The van der Waals surface area contributed by atoms with Crippen LogP contribution in [-0.2, 0) is 0 Å². The van der Waals surface area contributed by atoms with Crippen molar-refractivity contribution in [3.63, 3.8) is 0 Å². The molecule has 24 heavy (non-hydrogen) atoms. The van der Waals surface area contributed by atoms with Gasteiger partial charge >= 0.3 is 0 Å². The van der Waals surface area contributed by atoms with Crippen molar-refractivity contribution in [1.29, 1.82) is 0 Å². The van der Waals surface area contributed by atoms with Gasteiger partial charge in [-0.2, -0.15) is 0 Å². The summed E-state index contributed by atoms with van der Waals surface area (Å²) in [5.41, 5.74) is 6.85. The van der Waals surface area contributed by atoms with Crippen LogP contribution in [0.2, 0.25) is 0 Å². The Bertz CT molecular complexity index is 855. The van der Waals surface area contributed by atoms with E-state index in [-0.39, 0.29) is 0 Å². The van der Waals surface area contributed by atoms with E-state index in [0.717, 1.165) is 17.1 Å². The molecule has 0 saturated carbocycles. The van der Waals surface area contributed by atoms with E-state index in [1.54, 1.807) is 0 Å². The molecule has 0 atom stereocenters. The van der Waals surface area contributed by atoms with Gasteiger partial charge in [-0.3, -0.25) is 4.99 Å². The fourth-order valence-corrected chi connectivity index (χ4v) is 2.73. The minimum absolute atomic E-state index is 1.01. The third-order valence-corrected chi connectivity index (χ3v) is 4.11. The average Bonchev–Trinajstić information content (AvgIpc) is 3.02. The summed E-state index contributed by atoms with van der Waals surface area (Å²) in [6.07, 6.45) is 3.99. The quantitative estimate of drug-likeness (QED) is 0.626. The van der Waals surface area contributed by atoms with E-state index < -0.39 is 0 Å². The summed E-state index contributed by atoms with van der Waals surface area (Å²) in [4.78, 5) is 6.77. The van der Waals surface area contributed by atoms with Gasteiger partial charge in [0.1, 0.15) is 0 Å². The molecule has 0 saturated heterocycles. The topological polar surface area (TPSA) is 20.5 Å². The minimum Gasteiger partial charge on any atom is -0.378 e. The van der Waals surface area contributed by atoms with E-state index >= 15 is 0 Å². The fraction of sp³-hybridized carbons (Fsp3) is 0.190. The van der Waals surface area contributed by atoms with Crippen molar-refractivity contribution in [2.24, 2.45) is 4.99 Å². The molecule has 0 N–H and O–H groups in total. The Morgan fingerprint density at radius 1 is 0.958 bits per heavy atom. The van der Waals surface area contributed by atoms with Gasteiger partial charge in [-0.25, -0.2) is 0 Å². The lowest BCUT2D eigenvalue weighted by atomic mass is 10.1. The van der Waals surface area contributed by atoms with E-state index in [1.165, 1.54) is 16.8 Å². The standard InChI is InChI=1S/C21H23N3/c1-16-7-12-21(17(2)14-16)22-15-20-6-5-13-24(20)19-10-8-18(9-11-19)23(3)4/h5-15H,1-4H3. The molecular formula is C21H23N3. The highest BCUT2D eigenvalue weighted by atomic mass is 15.1. The molecule has 1 aromatic heterocycles. The molecule has 122 valence electrons. The second kappa shape index (κ2) is 6.75. The van der Waals surface area contributed by atoms with Gasteiger partial charge in [0.2, 0.25) is 0 Å². The second-order valence-electron chi connectivity index (χ2n) is 6.26. The molecular weight excluding hydrogens is 294 g/mol. The van der Waals surface area contributed by atoms with Crippen LogP contribution in [0.4, 0.5) is 11.4 Å². The second-order valence-corrected chi connectivity index (χ2v) is 6.26. The first kappa shape index (κ1) is 16.1. The zero-order valence-electron chi connectivity index (χ0n) is 14.7. The molecule has 0 aliphatic rings. The van der Waals surface area contributed by atoms with Crippen molar-refractivity contribution in [2.45, 2.75) is 13.8 Å². The van der Waals surface area contributed by atoms with Crippen LogP contribution < -0.4 is 4.90 Å². The van der Waals surface area contributed by atoms with Gasteiger partial charge in [-0.15, -0.1) is 0 Å². The molecule has 0 spiro atoms. The van der Waals surface area contributed by atoms with E-state index in [4.69, 9.17) is 0 Å². The van der Waals surface area contributed by atoms with E-state index in [2.05, 4.69) is 83.0 Å². The molecule has 0 fully saturated rings. The third-order valence-electron chi connectivity index (χ3n) is 4.11. The van der Waals surface area contributed by atoms with Crippen LogP contribution in [0.25, 0.3) is 5.69 Å². The first-order valence-electron chi connectivity index (χ1n) is 8.11. The third kappa shape index (κ3) is 3.40. The highest BCUT2D eigenvalue weighted by molar-refractivity contribution is 5.81.